The normalized spacial score (nSPS) is 16.2. The lowest BCUT2D eigenvalue weighted by molar-refractivity contribution is -0.148. The van der Waals surface area contributed by atoms with Crippen LogP contribution in [0.3, 0.4) is 0 Å². The quantitative estimate of drug-likeness (QED) is 0.916. The monoisotopic (exact) mass is 330 g/mol. The third-order valence-electron chi connectivity index (χ3n) is 2.28. The molecule has 2 N–H and O–H groups in total. The molecule has 1 aromatic heterocycles. The number of likely N-dealkylation sites (N-methyl/N-ethyl adjacent to an activating group) is 1. The van der Waals surface area contributed by atoms with Gasteiger partial charge in [-0.15, -0.1) is 11.3 Å². The SMILES string of the molecule is CC(N)C(c1cc(Br)cs1)N(C)CC(F)(F)F. The zero-order chi connectivity index (χ0) is 13.2. The van der Waals surface area contributed by atoms with Crippen molar-refractivity contribution in [2.24, 2.45) is 5.73 Å². The minimum Gasteiger partial charge on any atom is -0.326 e. The predicted octanol–water partition coefficient (Wildman–Crippen LogP) is 3.39. The molecule has 7 heteroatoms. The van der Waals surface area contributed by atoms with E-state index in [0.717, 1.165) is 9.35 Å². The van der Waals surface area contributed by atoms with E-state index in [1.54, 1.807) is 6.92 Å². The molecule has 0 amide bonds. The van der Waals surface area contributed by atoms with Gasteiger partial charge in [-0.3, -0.25) is 4.90 Å². The van der Waals surface area contributed by atoms with Crippen LogP contribution in [0.5, 0.6) is 0 Å². The molecule has 0 saturated heterocycles. The van der Waals surface area contributed by atoms with Gasteiger partial charge >= 0.3 is 6.18 Å². The number of hydrogen-bond donors (Lipinski definition) is 1. The minimum absolute atomic E-state index is 0.368. The van der Waals surface area contributed by atoms with Crippen molar-refractivity contribution in [2.75, 3.05) is 13.6 Å². The number of hydrogen-bond acceptors (Lipinski definition) is 3. The Labute approximate surface area is 111 Å². The van der Waals surface area contributed by atoms with Crippen molar-refractivity contribution in [2.45, 2.75) is 25.2 Å². The van der Waals surface area contributed by atoms with E-state index < -0.39 is 18.8 Å². The van der Waals surface area contributed by atoms with Crippen LogP contribution < -0.4 is 5.73 Å². The van der Waals surface area contributed by atoms with E-state index in [9.17, 15) is 13.2 Å². The van der Waals surface area contributed by atoms with Crippen molar-refractivity contribution in [3.05, 3.63) is 20.8 Å². The molecule has 0 aromatic carbocycles. The van der Waals surface area contributed by atoms with Gasteiger partial charge in [-0.1, -0.05) is 0 Å². The molecular weight excluding hydrogens is 317 g/mol. The zero-order valence-corrected chi connectivity index (χ0v) is 11.9. The van der Waals surface area contributed by atoms with Gasteiger partial charge in [-0.2, -0.15) is 13.2 Å². The van der Waals surface area contributed by atoms with E-state index in [4.69, 9.17) is 5.73 Å². The summed E-state index contributed by atoms with van der Waals surface area (Å²) in [6.07, 6.45) is -4.21. The molecule has 98 valence electrons. The number of halogens is 4. The Morgan fingerprint density at radius 2 is 2.12 bits per heavy atom. The predicted molar refractivity (Wildman–Crippen MR) is 67.1 cm³/mol. The Kier molecular flexibility index (Phi) is 5.00. The summed E-state index contributed by atoms with van der Waals surface area (Å²) >= 11 is 4.69. The summed E-state index contributed by atoms with van der Waals surface area (Å²) in [6.45, 7) is 0.750. The van der Waals surface area contributed by atoms with Gasteiger partial charge in [0.05, 0.1) is 12.6 Å². The molecule has 0 aliphatic rings. The lowest BCUT2D eigenvalue weighted by Crippen LogP contribution is -2.41. The first kappa shape index (κ1) is 14.9. The third kappa shape index (κ3) is 4.57. The average Bonchev–Trinajstić information content (AvgIpc) is 2.47. The van der Waals surface area contributed by atoms with Crippen LogP contribution in [0.25, 0.3) is 0 Å². The van der Waals surface area contributed by atoms with Gasteiger partial charge < -0.3 is 5.73 Å². The molecule has 2 unspecified atom stereocenters. The van der Waals surface area contributed by atoms with Gasteiger partial charge in [0.2, 0.25) is 0 Å². The number of alkyl halides is 3. The van der Waals surface area contributed by atoms with E-state index in [-0.39, 0.29) is 6.04 Å². The van der Waals surface area contributed by atoms with Crippen LogP contribution in [0.2, 0.25) is 0 Å². The molecule has 0 aliphatic carbocycles. The maximum absolute atomic E-state index is 12.4. The molecular formula is C10H14BrF3N2S. The van der Waals surface area contributed by atoms with Crippen LogP contribution in [-0.4, -0.2) is 30.7 Å². The third-order valence-corrected chi connectivity index (χ3v) is 4.05. The highest BCUT2D eigenvalue weighted by Crippen LogP contribution is 2.32. The van der Waals surface area contributed by atoms with Crippen molar-refractivity contribution in [1.29, 1.82) is 0 Å². The molecule has 1 rings (SSSR count). The summed E-state index contributed by atoms with van der Waals surface area (Å²) in [7, 11) is 1.44. The van der Waals surface area contributed by atoms with Crippen LogP contribution in [0, 0.1) is 0 Å². The largest absolute Gasteiger partial charge is 0.401 e. The molecule has 0 aliphatic heterocycles. The van der Waals surface area contributed by atoms with Crippen LogP contribution in [-0.2, 0) is 0 Å². The molecule has 0 saturated carbocycles. The van der Waals surface area contributed by atoms with Gasteiger partial charge in [-0.05, 0) is 36.0 Å². The minimum atomic E-state index is -4.21. The van der Waals surface area contributed by atoms with Crippen molar-refractivity contribution >= 4 is 27.3 Å². The standard InChI is InChI=1S/C10H14BrF3N2S/c1-6(15)9(8-3-7(11)4-17-8)16(2)5-10(12,13)14/h3-4,6,9H,5,15H2,1-2H3. The Balaban J connectivity index is 2.86. The summed E-state index contributed by atoms with van der Waals surface area (Å²) in [4.78, 5) is 2.07. The lowest BCUT2D eigenvalue weighted by Gasteiger charge is -2.30. The van der Waals surface area contributed by atoms with Gasteiger partial charge in [0.25, 0.3) is 0 Å². The molecule has 1 aromatic rings. The average molecular weight is 331 g/mol. The number of nitrogens with two attached hydrogens (primary N) is 1. The fourth-order valence-electron chi connectivity index (χ4n) is 1.74. The smallest absolute Gasteiger partial charge is 0.326 e. The van der Waals surface area contributed by atoms with E-state index in [1.807, 2.05) is 11.4 Å². The van der Waals surface area contributed by atoms with E-state index in [0.29, 0.717) is 0 Å². The summed E-state index contributed by atoms with van der Waals surface area (Å²) in [6, 6.07) is 1.02. The Bertz CT molecular complexity index is 365. The summed E-state index contributed by atoms with van der Waals surface area (Å²) in [5.74, 6) is 0. The van der Waals surface area contributed by atoms with Crippen LogP contribution in [0.15, 0.2) is 15.9 Å². The maximum atomic E-state index is 12.4. The molecule has 0 spiro atoms. The Hall–Kier alpha value is -0.110. The lowest BCUT2D eigenvalue weighted by atomic mass is 10.1. The van der Waals surface area contributed by atoms with Gasteiger partial charge in [0.15, 0.2) is 0 Å². The second kappa shape index (κ2) is 5.69. The number of rotatable bonds is 4. The molecule has 0 radical (unpaired) electrons. The van der Waals surface area contributed by atoms with Crippen LogP contribution in [0.1, 0.15) is 17.8 Å². The van der Waals surface area contributed by atoms with Crippen molar-refractivity contribution in [3.8, 4) is 0 Å². The first-order valence-corrected chi connectivity index (χ1v) is 6.64. The fourth-order valence-corrected chi connectivity index (χ4v) is 3.47. The Morgan fingerprint density at radius 3 is 2.47 bits per heavy atom. The summed E-state index contributed by atoms with van der Waals surface area (Å²) < 4.78 is 38.0. The first-order valence-electron chi connectivity index (χ1n) is 4.97. The molecule has 2 atom stereocenters. The van der Waals surface area contributed by atoms with Gasteiger partial charge in [0, 0.05) is 20.8 Å². The second-order valence-corrected chi connectivity index (χ2v) is 5.86. The van der Waals surface area contributed by atoms with Crippen molar-refractivity contribution in [1.82, 2.24) is 4.90 Å². The molecule has 0 fully saturated rings. The van der Waals surface area contributed by atoms with Crippen molar-refractivity contribution in [3.63, 3.8) is 0 Å². The van der Waals surface area contributed by atoms with Crippen LogP contribution in [0.4, 0.5) is 13.2 Å². The summed E-state index contributed by atoms with van der Waals surface area (Å²) in [5, 5.41) is 1.84. The van der Waals surface area contributed by atoms with E-state index >= 15 is 0 Å². The van der Waals surface area contributed by atoms with E-state index in [2.05, 4.69) is 15.9 Å². The fraction of sp³-hybridized carbons (Fsp3) is 0.600. The molecule has 17 heavy (non-hydrogen) atoms. The highest BCUT2D eigenvalue weighted by atomic mass is 79.9. The second-order valence-electron chi connectivity index (χ2n) is 4.00. The van der Waals surface area contributed by atoms with Crippen LogP contribution >= 0.6 is 27.3 Å². The van der Waals surface area contributed by atoms with Crippen molar-refractivity contribution < 1.29 is 13.2 Å². The maximum Gasteiger partial charge on any atom is 0.401 e. The topological polar surface area (TPSA) is 29.3 Å². The highest BCUT2D eigenvalue weighted by molar-refractivity contribution is 9.10. The highest BCUT2D eigenvalue weighted by Gasteiger charge is 2.34. The number of thiophene rings is 1. The van der Waals surface area contributed by atoms with E-state index in [1.165, 1.54) is 23.3 Å². The molecule has 2 nitrogen and oxygen atoms in total. The first-order chi connectivity index (χ1) is 7.70. The zero-order valence-electron chi connectivity index (χ0n) is 9.46. The molecule has 0 bridgehead atoms. The summed E-state index contributed by atoms with van der Waals surface area (Å²) in [5.41, 5.74) is 5.78. The Morgan fingerprint density at radius 1 is 1.53 bits per heavy atom. The van der Waals surface area contributed by atoms with Gasteiger partial charge in [0.1, 0.15) is 0 Å². The number of nitrogens with zero attached hydrogens (tertiary/aromatic N) is 1. The van der Waals surface area contributed by atoms with Gasteiger partial charge in [-0.25, -0.2) is 0 Å². The molecule has 1 heterocycles.